The number of nitrogens with two attached hydrogens (primary N) is 1. The number of ether oxygens (including phenoxy) is 1. The summed E-state index contributed by atoms with van der Waals surface area (Å²) in [7, 11) is 0. The number of benzene rings is 1. The van der Waals surface area contributed by atoms with Crippen LogP contribution in [0, 0.1) is 6.92 Å². The molecule has 0 saturated carbocycles. The molecule has 3 N–H and O–H groups in total. The van der Waals surface area contributed by atoms with E-state index >= 15 is 0 Å². The summed E-state index contributed by atoms with van der Waals surface area (Å²) in [5, 5.41) is 1.71. The molecule has 3 aromatic rings. The van der Waals surface area contributed by atoms with Crippen molar-refractivity contribution in [2.75, 3.05) is 5.73 Å². The number of aromatic nitrogens is 2. The second-order valence-electron chi connectivity index (χ2n) is 5.03. The molecule has 0 unspecified atom stereocenters. The third kappa shape index (κ3) is 2.25. The van der Waals surface area contributed by atoms with Crippen molar-refractivity contribution in [2.45, 2.75) is 26.9 Å². The number of nitrogen functional groups attached to an aromatic ring is 1. The van der Waals surface area contributed by atoms with Crippen LogP contribution in [0.5, 0.6) is 5.75 Å². The molecule has 0 aliphatic carbocycles. The second kappa shape index (κ2) is 4.83. The maximum atomic E-state index is 5.80. The molecule has 1 aromatic carbocycles. The van der Waals surface area contributed by atoms with Gasteiger partial charge in [-0.05, 0) is 39.0 Å². The molecule has 104 valence electrons. The summed E-state index contributed by atoms with van der Waals surface area (Å²) in [5.74, 6) is 0.870. The lowest BCUT2D eigenvalue weighted by molar-refractivity contribution is 0.243. The van der Waals surface area contributed by atoms with Gasteiger partial charge in [-0.3, -0.25) is 0 Å². The van der Waals surface area contributed by atoms with Crippen LogP contribution in [0.1, 0.15) is 18.7 Å². The maximum Gasteiger partial charge on any atom is 0.180 e. The zero-order chi connectivity index (χ0) is 14.3. The van der Waals surface area contributed by atoms with Crippen LogP contribution in [0.2, 0.25) is 0 Å². The SMILES string of the molecule is Cc1sc(N)nc1-c1c[nH]c2ccc(OC(C)C)cc12. The van der Waals surface area contributed by atoms with Crippen molar-refractivity contribution >= 4 is 27.4 Å². The Morgan fingerprint density at radius 3 is 2.80 bits per heavy atom. The fourth-order valence-corrected chi connectivity index (χ4v) is 3.01. The first-order valence-corrected chi connectivity index (χ1v) is 7.37. The van der Waals surface area contributed by atoms with Gasteiger partial charge in [0.2, 0.25) is 0 Å². The average Bonchev–Trinajstić information content (AvgIpc) is 2.91. The van der Waals surface area contributed by atoms with Crippen LogP contribution in [0.15, 0.2) is 24.4 Å². The summed E-state index contributed by atoms with van der Waals surface area (Å²) in [6.45, 7) is 6.08. The molecule has 2 aromatic heterocycles. The highest BCUT2D eigenvalue weighted by molar-refractivity contribution is 7.15. The lowest BCUT2D eigenvalue weighted by Crippen LogP contribution is -2.05. The van der Waals surface area contributed by atoms with Crippen LogP contribution >= 0.6 is 11.3 Å². The summed E-state index contributed by atoms with van der Waals surface area (Å²) in [5.41, 5.74) is 8.88. The van der Waals surface area contributed by atoms with E-state index in [1.54, 1.807) is 0 Å². The first-order chi connectivity index (χ1) is 9.54. The third-order valence-corrected chi connectivity index (χ3v) is 3.89. The highest BCUT2D eigenvalue weighted by atomic mass is 32.1. The Kier molecular flexibility index (Phi) is 3.14. The average molecular weight is 287 g/mol. The van der Waals surface area contributed by atoms with Gasteiger partial charge in [0.05, 0.1) is 11.8 Å². The smallest absolute Gasteiger partial charge is 0.180 e. The molecule has 0 atom stereocenters. The van der Waals surface area contributed by atoms with Gasteiger partial charge in [-0.2, -0.15) is 0 Å². The summed E-state index contributed by atoms with van der Waals surface area (Å²) >= 11 is 1.51. The van der Waals surface area contributed by atoms with Gasteiger partial charge in [0.15, 0.2) is 5.13 Å². The molecule has 20 heavy (non-hydrogen) atoms. The topological polar surface area (TPSA) is 63.9 Å². The number of nitrogens with one attached hydrogen (secondary N) is 1. The van der Waals surface area contributed by atoms with Crippen molar-refractivity contribution in [3.8, 4) is 17.0 Å². The van der Waals surface area contributed by atoms with E-state index < -0.39 is 0 Å². The van der Waals surface area contributed by atoms with Crippen molar-refractivity contribution in [1.29, 1.82) is 0 Å². The molecule has 0 radical (unpaired) electrons. The number of fused-ring (bicyclic) bond motifs is 1. The zero-order valence-electron chi connectivity index (χ0n) is 11.7. The number of H-pyrrole nitrogens is 1. The Bertz CT molecular complexity index is 758. The van der Waals surface area contributed by atoms with Crippen molar-refractivity contribution in [2.24, 2.45) is 0 Å². The molecule has 0 amide bonds. The predicted octanol–water partition coefficient (Wildman–Crippen LogP) is 3.97. The van der Waals surface area contributed by atoms with E-state index in [0.717, 1.165) is 32.8 Å². The molecule has 4 nitrogen and oxygen atoms in total. The van der Waals surface area contributed by atoms with E-state index in [0.29, 0.717) is 5.13 Å². The van der Waals surface area contributed by atoms with Gasteiger partial charge in [-0.15, -0.1) is 11.3 Å². The van der Waals surface area contributed by atoms with Gasteiger partial charge in [0, 0.05) is 27.5 Å². The summed E-state index contributed by atoms with van der Waals surface area (Å²) in [6.07, 6.45) is 2.14. The highest BCUT2D eigenvalue weighted by Gasteiger charge is 2.13. The second-order valence-corrected chi connectivity index (χ2v) is 6.27. The lowest BCUT2D eigenvalue weighted by Gasteiger charge is -2.09. The van der Waals surface area contributed by atoms with E-state index in [2.05, 4.69) is 16.0 Å². The third-order valence-electron chi connectivity index (χ3n) is 3.09. The fraction of sp³-hybridized carbons (Fsp3) is 0.267. The molecule has 2 heterocycles. The Labute approximate surface area is 121 Å². The normalized spacial score (nSPS) is 11.4. The lowest BCUT2D eigenvalue weighted by atomic mass is 10.1. The van der Waals surface area contributed by atoms with E-state index in [4.69, 9.17) is 10.5 Å². The molecular weight excluding hydrogens is 270 g/mol. The van der Waals surface area contributed by atoms with Crippen molar-refractivity contribution < 1.29 is 4.74 Å². The van der Waals surface area contributed by atoms with Gasteiger partial charge in [-0.25, -0.2) is 4.98 Å². The minimum absolute atomic E-state index is 0.159. The Hall–Kier alpha value is -2.01. The maximum absolute atomic E-state index is 5.80. The van der Waals surface area contributed by atoms with E-state index in [9.17, 15) is 0 Å². The van der Waals surface area contributed by atoms with Crippen LogP contribution < -0.4 is 10.5 Å². The van der Waals surface area contributed by atoms with Crippen molar-refractivity contribution in [3.05, 3.63) is 29.3 Å². The number of anilines is 1. The van der Waals surface area contributed by atoms with Gasteiger partial charge < -0.3 is 15.5 Å². The predicted molar refractivity (Wildman–Crippen MR) is 84.3 cm³/mol. The van der Waals surface area contributed by atoms with Crippen LogP contribution in [0.25, 0.3) is 22.2 Å². The van der Waals surface area contributed by atoms with Crippen LogP contribution in [0.3, 0.4) is 0 Å². The quantitative estimate of drug-likeness (QED) is 0.766. The standard InChI is InChI=1S/C15H17N3OS/c1-8(2)19-10-4-5-13-11(6-10)12(7-17-13)14-9(3)20-15(16)18-14/h4-8,17H,1-3H3,(H2,16,18). The molecule has 3 rings (SSSR count). The van der Waals surface area contributed by atoms with Crippen LogP contribution in [-0.2, 0) is 0 Å². The number of thiazole rings is 1. The van der Waals surface area contributed by atoms with Crippen LogP contribution in [-0.4, -0.2) is 16.1 Å². The molecule has 5 heteroatoms. The Balaban J connectivity index is 2.14. The summed E-state index contributed by atoms with van der Waals surface area (Å²) in [6, 6.07) is 6.06. The molecule has 0 saturated heterocycles. The Morgan fingerprint density at radius 2 is 2.15 bits per heavy atom. The molecule has 0 aliphatic rings. The van der Waals surface area contributed by atoms with E-state index in [-0.39, 0.29) is 6.10 Å². The first-order valence-electron chi connectivity index (χ1n) is 6.55. The summed E-state index contributed by atoms with van der Waals surface area (Å²) < 4.78 is 5.76. The number of rotatable bonds is 3. The minimum Gasteiger partial charge on any atom is -0.491 e. The number of aromatic amines is 1. The molecule has 0 bridgehead atoms. The Morgan fingerprint density at radius 1 is 1.35 bits per heavy atom. The van der Waals surface area contributed by atoms with E-state index in [1.807, 2.05) is 39.1 Å². The molecule has 0 spiro atoms. The first kappa shape index (κ1) is 13.0. The fourth-order valence-electron chi connectivity index (χ4n) is 2.31. The number of aryl methyl sites for hydroxylation is 1. The van der Waals surface area contributed by atoms with Gasteiger partial charge >= 0.3 is 0 Å². The number of hydrogen-bond donors (Lipinski definition) is 2. The molecule has 0 aliphatic heterocycles. The zero-order valence-corrected chi connectivity index (χ0v) is 12.5. The van der Waals surface area contributed by atoms with E-state index in [1.165, 1.54) is 11.3 Å². The van der Waals surface area contributed by atoms with Crippen molar-refractivity contribution in [1.82, 2.24) is 9.97 Å². The molecular formula is C15H17N3OS. The summed E-state index contributed by atoms with van der Waals surface area (Å²) in [4.78, 5) is 8.82. The van der Waals surface area contributed by atoms with Gasteiger partial charge in [0.1, 0.15) is 5.75 Å². The monoisotopic (exact) mass is 287 g/mol. The number of nitrogens with zero attached hydrogens (tertiary/aromatic N) is 1. The number of hydrogen-bond acceptors (Lipinski definition) is 4. The highest BCUT2D eigenvalue weighted by Crippen LogP contribution is 2.35. The van der Waals surface area contributed by atoms with Gasteiger partial charge in [0.25, 0.3) is 0 Å². The van der Waals surface area contributed by atoms with Crippen LogP contribution in [0.4, 0.5) is 5.13 Å². The largest absolute Gasteiger partial charge is 0.491 e. The minimum atomic E-state index is 0.159. The molecule has 0 fully saturated rings. The van der Waals surface area contributed by atoms with Gasteiger partial charge in [-0.1, -0.05) is 0 Å². The van der Waals surface area contributed by atoms with Crippen molar-refractivity contribution in [3.63, 3.8) is 0 Å².